The van der Waals surface area contributed by atoms with Crippen LogP contribution < -0.4 is 4.72 Å². The van der Waals surface area contributed by atoms with Crippen molar-refractivity contribution in [3.8, 4) is 0 Å². The minimum absolute atomic E-state index is 0.565. The Balaban J connectivity index is 2.06. The highest BCUT2D eigenvalue weighted by molar-refractivity contribution is 8.37. The lowest BCUT2D eigenvalue weighted by Crippen LogP contribution is -2.26. The third-order valence-corrected chi connectivity index (χ3v) is 7.41. The van der Waals surface area contributed by atoms with Gasteiger partial charge in [-0.15, -0.1) is 10.2 Å². The van der Waals surface area contributed by atoms with E-state index in [1.807, 2.05) is 13.8 Å². The quantitative estimate of drug-likeness (QED) is 0.758. The average molecular weight is 298 g/mol. The Morgan fingerprint density at radius 1 is 1.30 bits per heavy atom. The van der Waals surface area contributed by atoms with Gasteiger partial charge in [0.05, 0.1) is 5.60 Å². The van der Waals surface area contributed by atoms with Gasteiger partial charge in [0.15, 0.2) is 0 Å². The van der Waals surface area contributed by atoms with E-state index in [1.165, 1.54) is 32.1 Å². The van der Waals surface area contributed by atoms with Gasteiger partial charge in [-0.25, -0.2) is 0 Å². The van der Waals surface area contributed by atoms with E-state index in [2.05, 4.69) is 28.5 Å². The predicted molar refractivity (Wildman–Crippen MR) is 90.8 cm³/mol. The summed E-state index contributed by atoms with van der Waals surface area (Å²) in [6.45, 7) is 7.01. The number of aliphatic hydroxyl groups is 1. The summed E-state index contributed by atoms with van der Waals surface area (Å²) in [5.41, 5.74) is 1.00. The molecule has 2 nitrogen and oxygen atoms in total. The number of allylic oxidation sites excluding steroid dienone is 2. The first-order valence-electron chi connectivity index (χ1n) is 8.12. The molecule has 0 amide bonds. The third kappa shape index (κ3) is 4.37. The SMILES string of the molecule is CCNS1(CCC(C)(C)O)C=CC(C2CCCCC2)=C1. The monoisotopic (exact) mass is 297 g/mol. The van der Waals surface area contributed by atoms with Crippen LogP contribution in [0.15, 0.2) is 22.5 Å². The van der Waals surface area contributed by atoms with Crippen LogP contribution in [0.4, 0.5) is 0 Å². The summed E-state index contributed by atoms with van der Waals surface area (Å²) in [5.74, 6) is 1.84. The van der Waals surface area contributed by atoms with Gasteiger partial charge >= 0.3 is 0 Å². The highest BCUT2D eigenvalue weighted by atomic mass is 32.3. The lowest BCUT2D eigenvalue weighted by Gasteiger charge is -2.35. The first-order valence-corrected chi connectivity index (χ1v) is 10.0. The minimum Gasteiger partial charge on any atom is -0.390 e. The van der Waals surface area contributed by atoms with Crippen LogP contribution in [0, 0.1) is 5.92 Å². The minimum atomic E-state index is -0.996. The van der Waals surface area contributed by atoms with E-state index in [4.69, 9.17) is 0 Å². The van der Waals surface area contributed by atoms with Crippen molar-refractivity contribution < 1.29 is 5.11 Å². The van der Waals surface area contributed by atoms with Crippen molar-refractivity contribution in [3.05, 3.63) is 22.5 Å². The van der Waals surface area contributed by atoms with Crippen LogP contribution in [-0.4, -0.2) is 23.0 Å². The summed E-state index contributed by atoms with van der Waals surface area (Å²) in [7, 11) is -0.996. The van der Waals surface area contributed by atoms with E-state index in [9.17, 15) is 5.11 Å². The van der Waals surface area contributed by atoms with E-state index in [-0.39, 0.29) is 0 Å². The van der Waals surface area contributed by atoms with E-state index in [0.717, 1.165) is 24.6 Å². The van der Waals surface area contributed by atoms with Crippen molar-refractivity contribution >= 4 is 10.2 Å². The van der Waals surface area contributed by atoms with Crippen LogP contribution in [0.2, 0.25) is 0 Å². The van der Waals surface area contributed by atoms with Gasteiger partial charge < -0.3 is 5.11 Å². The molecule has 0 aromatic carbocycles. The molecule has 0 spiro atoms. The summed E-state index contributed by atoms with van der Waals surface area (Å²) in [4.78, 5) is 0. The molecule has 1 unspecified atom stereocenters. The maximum Gasteiger partial charge on any atom is 0.0599 e. The molecule has 0 radical (unpaired) electrons. The third-order valence-electron chi connectivity index (χ3n) is 4.39. The summed E-state index contributed by atoms with van der Waals surface area (Å²) < 4.78 is 3.71. The first kappa shape index (κ1) is 16.1. The van der Waals surface area contributed by atoms with Gasteiger partial charge in [0, 0.05) is 6.54 Å². The standard InChI is InChI=1S/C17H31NOS/c1-4-18-20(13-11-17(2,3)19)12-10-16(14-20)15-8-6-5-7-9-15/h10,12,14-15,18-19H,4-9,11,13H2,1-3H3. The predicted octanol–water partition coefficient (Wildman–Crippen LogP) is 4.47. The lowest BCUT2D eigenvalue weighted by molar-refractivity contribution is 0.0775. The Morgan fingerprint density at radius 2 is 2.00 bits per heavy atom. The lowest BCUT2D eigenvalue weighted by atomic mass is 9.84. The van der Waals surface area contributed by atoms with Crippen LogP contribution in [0.3, 0.4) is 0 Å². The summed E-state index contributed by atoms with van der Waals surface area (Å²) in [6, 6.07) is 0. The van der Waals surface area contributed by atoms with Gasteiger partial charge in [-0.3, -0.25) is 4.72 Å². The first-order chi connectivity index (χ1) is 9.44. The zero-order valence-corrected chi connectivity index (χ0v) is 14.1. The zero-order chi connectivity index (χ0) is 14.6. The second kappa shape index (κ2) is 6.67. The Morgan fingerprint density at radius 3 is 2.60 bits per heavy atom. The molecule has 1 aliphatic carbocycles. The highest BCUT2D eigenvalue weighted by Gasteiger charge is 2.28. The van der Waals surface area contributed by atoms with Crippen molar-refractivity contribution in [3.63, 3.8) is 0 Å². The fraction of sp³-hybridized carbons (Fsp3) is 0.765. The maximum absolute atomic E-state index is 10.0. The van der Waals surface area contributed by atoms with Crippen molar-refractivity contribution in [1.82, 2.24) is 4.72 Å². The summed E-state index contributed by atoms with van der Waals surface area (Å²) >= 11 is 0. The van der Waals surface area contributed by atoms with Crippen molar-refractivity contribution in [2.75, 3.05) is 12.3 Å². The molecular formula is C17H31NOS. The zero-order valence-electron chi connectivity index (χ0n) is 13.3. The fourth-order valence-corrected chi connectivity index (χ4v) is 6.35. The topological polar surface area (TPSA) is 32.3 Å². The van der Waals surface area contributed by atoms with E-state index < -0.39 is 15.8 Å². The normalized spacial score (nSPS) is 31.1. The largest absolute Gasteiger partial charge is 0.390 e. The molecule has 2 N–H and O–H groups in total. The molecule has 3 heteroatoms. The van der Waals surface area contributed by atoms with Crippen molar-refractivity contribution in [2.45, 2.75) is 64.9 Å². The van der Waals surface area contributed by atoms with Crippen LogP contribution in [-0.2, 0) is 0 Å². The molecule has 0 bridgehead atoms. The van der Waals surface area contributed by atoms with Crippen LogP contribution >= 0.6 is 10.2 Å². The molecule has 0 saturated heterocycles. The van der Waals surface area contributed by atoms with Crippen molar-refractivity contribution in [1.29, 1.82) is 0 Å². The Hall–Kier alpha value is -0.250. The molecule has 2 aliphatic rings. The molecule has 1 saturated carbocycles. The average Bonchev–Trinajstić information content (AvgIpc) is 2.82. The van der Waals surface area contributed by atoms with Gasteiger partial charge in [0.2, 0.25) is 0 Å². The molecule has 1 fully saturated rings. The Labute approximate surface area is 126 Å². The maximum atomic E-state index is 10.0. The van der Waals surface area contributed by atoms with Crippen molar-refractivity contribution in [2.24, 2.45) is 5.92 Å². The van der Waals surface area contributed by atoms with Crippen LogP contribution in [0.5, 0.6) is 0 Å². The number of nitrogens with one attached hydrogen (secondary N) is 1. The molecule has 1 heterocycles. The number of rotatable bonds is 6. The summed E-state index contributed by atoms with van der Waals surface area (Å²) in [6.07, 6.45) is 10.2. The fourth-order valence-electron chi connectivity index (χ4n) is 3.17. The van der Waals surface area contributed by atoms with Crippen LogP contribution in [0.25, 0.3) is 0 Å². The second-order valence-corrected chi connectivity index (χ2v) is 9.77. The molecule has 2 rings (SSSR count). The van der Waals surface area contributed by atoms with E-state index in [0.29, 0.717) is 0 Å². The molecule has 1 aliphatic heterocycles. The van der Waals surface area contributed by atoms with Gasteiger partial charge in [-0.1, -0.05) is 32.3 Å². The molecule has 116 valence electrons. The van der Waals surface area contributed by atoms with Crippen LogP contribution in [0.1, 0.15) is 59.3 Å². The van der Waals surface area contributed by atoms with E-state index >= 15 is 0 Å². The van der Waals surface area contributed by atoms with Gasteiger partial charge in [0.25, 0.3) is 0 Å². The molecule has 0 aromatic heterocycles. The smallest absolute Gasteiger partial charge is 0.0599 e. The highest BCUT2D eigenvalue weighted by Crippen LogP contribution is 2.54. The van der Waals surface area contributed by atoms with E-state index in [1.54, 1.807) is 5.57 Å². The number of hydrogen-bond donors (Lipinski definition) is 2. The van der Waals surface area contributed by atoms with Gasteiger partial charge in [-0.2, -0.15) is 0 Å². The molecule has 1 atom stereocenters. The summed E-state index contributed by atoms with van der Waals surface area (Å²) in [5, 5.41) is 15.0. The molecule has 20 heavy (non-hydrogen) atoms. The second-order valence-electron chi connectivity index (χ2n) is 6.87. The Kier molecular flexibility index (Phi) is 5.38. The molecular weight excluding hydrogens is 266 g/mol. The number of hydrogen-bond acceptors (Lipinski definition) is 2. The van der Waals surface area contributed by atoms with Gasteiger partial charge in [0.1, 0.15) is 0 Å². The van der Waals surface area contributed by atoms with Gasteiger partial charge in [-0.05, 0) is 61.2 Å². The Bertz CT molecular complexity index is 377. The molecule has 0 aromatic rings.